The van der Waals surface area contributed by atoms with Gasteiger partial charge in [0.05, 0.1) is 6.61 Å². The first kappa shape index (κ1) is 15.5. The summed E-state index contributed by atoms with van der Waals surface area (Å²) in [5.74, 6) is -0.937. The number of carbonyl (C=O) groups excluding carboxylic acids is 1. The third kappa shape index (κ3) is 4.54. The number of carbonyl (C=O) groups is 1. The first-order valence-corrected chi connectivity index (χ1v) is 5.32. The van der Waals surface area contributed by atoms with Crippen LogP contribution in [0.2, 0.25) is 0 Å². The van der Waals surface area contributed by atoms with Crippen molar-refractivity contribution in [1.29, 1.82) is 0 Å². The van der Waals surface area contributed by atoms with Crippen molar-refractivity contribution >= 4 is 5.78 Å². The molecule has 0 fully saturated rings. The third-order valence-corrected chi connectivity index (χ3v) is 2.36. The molecule has 0 aliphatic rings. The van der Waals surface area contributed by atoms with Gasteiger partial charge in [0.1, 0.15) is 24.4 Å². The number of rotatable bonds is 8. The molecule has 4 atom stereocenters. The standard InChI is InChI=1S/C10H20O6/c1-2-3-4-6(12)8(14)10(16)9(15)7(13)5-11/h6-7,9-13,15-16H,2-5H2,1H3/t6?,7-,9-,10-/m1/s1. The number of hydrogen-bond donors (Lipinski definition) is 5. The smallest absolute Gasteiger partial charge is 0.192 e. The highest BCUT2D eigenvalue weighted by molar-refractivity contribution is 5.87. The second-order valence-corrected chi connectivity index (χ2v) is 3.75. The monoisotopic (exact) mass is 236 g/mol. The molecule has 6 heteroatoms. The molecule has 1 unspecified atom stereocenters. The van der Waals surface area contributed by atoms with E-state index in [1.807, 2.05) is 6.92 Å². The molecular formula is C10H20O6. The van der Waals surface area contributed by atoms with Crippen molar-refractivity contribution in [3.8, 4) is 0 Å². The Labute approximate surface area is 94.2 Å². The van der Waals surface area contributed by atoms with Crippen LogP contribution in [0.1, 0.15) is 26.2 Å². The van der Waals surface area contributed by atoms with Crippen LogP contribution in [0.3, 0.4) is 0 Å². The predicted octanol–water partition coefficient (Wildman–Crippen LogP) is -1.82. The highest BCUT2D eigenvalue weighted by Crippen LogP contribution is 2.08. The van der Waals surface area contributed by atoms with E-state index in [0.717, 1.165) is 6.42 Å². The molecule has 0 saturated heterocycles. The van der Waals surface area contributed by atoms with Crippen molar-refractivity contribution in [3.63, 3.8) is 0 Å². The van der Waals surface area contributed by atoms with Gasteiger partial charge in [0, 0.05) is 0 Å². The van der Waals surface area contributed by atoms with Crippen LogP contribution < -0.4 is 0 Å². The lowest BCUT2D eigenvalue weighted by Crippen LogP contribution is -2.47. The van der Waals surface area contributed by atoms with E-state index in [-0.39, 0.29) is 6.42 Å². The van der Waals surface area contributed by atoms with Crippen LogP contribution >= 0.6 is 0 Å². The fourth-order valence-electron chi connectivity index (χ4n) is 1.22. The summed E-state index contributed by atoms with van der Waals surface area (Å²) >= 11 is 0. The Balaban J connectivity index is 4.25. The molecule has 0 aromatic heterocycles. The van der Waals surface area contributed by atoms with Crippen LogP contribution in [-0.4, -0.2) is 62.3 Å². The molecule has 0 amide bonds. The van der Waals surface area contributed by atoms with Crippen molar-refractivity contribution in [1.82, 2.24) is 0 Å². The maximum absolute atomic E-state index is 11.4. The minimum atomic E-state index is -1.88. The van der Waals surface area contributed by atoms with Crippen molar-refractivity contribution in [3.05, 3.63) is 0 Å². The minimum absolute atomic E-state index is 0.203. The lowest BCUT2D eigenvalue weighted by molar-refractivity contribution is -0.148. The maximum atomic E-state index is 11.4. The molecule has 0 aromatic rings. The molecule has 6 nitrogen and oxygen atoms in total. The van der Waals surface area contributed by atoms with Crippen molar-refractivity contribution in [2.45, 2.75) is 50.6 Å². The second kappa shape index (κ2) is 7.70. The molecule has 16 heavy (non-hydrogen) atoms. The van der Waals surface area contributed by atoms with E-state index in [9.17, 15) is 20.1 Å². The van der Waals surface area contributed by atoms with E-state index in [2.05, 4.69) is 0 Å². The molecule has 0 aliphatic heterocycles. The fraction of sp³-hybridized carbons (Fsp3) is 0.900. The minimum Gasteiger partial charge on any atom is -0.394 e. The molecule has 0 radical (unpaired) electrons. The number of unbranched alkanes of at least 4 members (excludes halogenated alkanes) is 1. The summed E-state index contributed by atoms with van der Waals surface area (Å²) in [7, 11) is 0. The molecule has 0 aliphatic carbocycles. The van der Waals surface area contributed by atoms with E-state index in [0.29, 0.717) is 6.42 Å². The van der Waals surface area contributed by atoms with Crippen LogP contribution in [0.15, 0.2) is 0 Å². The second-order valence-electron chi connectivity index (χ2n) is 3.75. The first-order chi connectivity index (χ1) is 7.45. The summed E-state index contributed by atoms with van der Waals surface area (Å²) < 4.78 is 0. The average molecular weight is 236 g/mol. The number of Topliss-reactive ketones (excluding diaryl/α,β-unsaturated/α-hetero) is 1. The molecule has 0 rings (SSSR count). The van der Waals surface area contributed by atoms with Crippen molar-refractivity contribution < 1.29 is 30.3 Å². The zero-order chi connectivity index (χ0) is 12.7. The molecule has 0 spiro atoms. The largest absolute Gasteiger partial charge is 0.394 e. The van der Waals surface area contributed by atoms with E-state index in [4.69, 9.17) is 10.2 Å². The summed E-state index contributed by atoms with van der Waals surface area (Å²) in [4.78, 5) is 11.4. The zero-order valence-electron chi connectivity index (χ0n) is 9.28. The molecule has 96 valence electrons. The van der Waals surface area contributed by atoms with Crippen molar-refractivity contribution in [2.24, 2.45) is 0 Å². The third-order valence-electron chi connectivity index (χ3n) is 2.36. The van der Waals surface area contributed by atoms with E-state index in [1.54, 1.807) is 0 Å². The van der Waals surface area contributed by atoms with Gasteiger partial charge in [-0.15, -0.1) is 0 Å². The van der Waals surface area contributed by atoms with Crippen LogP contribution in [0, 0.1) is 0 Å². The van der Waals surface area contributed by atoms with Gasteiger partial charge in [-0.05, 0) is 6.42 Å². The normalized spacial score (nSPS) is 18.9. The Morgan fingerprint density at radius 1 is 1.19 bits per heavy atom. The summed E-state index contributed by atoms with van der Waals surface area (Å²) in [6.07, 6.45) is -5.00. The Morgan fingerprint density at radius 2 is 1.75 bits per heavy atom. The Morgan fingerprint density at radius 3 is 2.19 bits per heavy atom. The van der Waals surface area contributed by atoms with Gasteiger partial charge in [-0.3, -0.25) is 4.79 Å². The summed E-state index contributed by atoms with van der Waals surface area (Å²) in [5.41, 5.74) is 0. The Kier molecular flexibility index (Phi) is 7.44. The van der Waals surface area contributed by atoms with Gasteiger partial charge < -0.3 is 25.5 Å². The van der Waals surface area contributed by atoms with Gasteiger partial charge in [0.2, 0.25) is 0 Å². The van der Waals surface area contributed by atoms with Crippen LogP contribution in [-0.2, 0) is 4.79 Å². The quantitative estimate of drug-likeness (QED) is 0.339. The fourth-order valence-corrected chi connectivity index (χ4v) is 1.22. The summed E-state index contributed by atoms with van der Waals surface area (Å²) in [6.45, 7) is 1.12. The molecule has 0 heterocycles. The van der Waals surface area contributed by atoms with Gasteiger partial charge >= 0.3 is 0 Å². The van der Waals surface area contributed by atoms with E-state index >= 15 is 0 Å². The number of aliphatic hydroxyl groups is 5. The molecule has 0 aromatic carbocycles. The number of hydrogen-bond acceptors (Lipinski definition) is 6. The van der Waals surface area contributed by atoms with Gasteiger partial charge in [-0.2, -0.15) is 0 Å². The summed E-state index contributed by atoms with van der Waals surface area (Å²) in [5, 5.41) is 45.5. The van der Waals surface area contributed by atoms with Crippen LogP contribution in [0.4, 0.5) is 0 Å². The molecule has 0 bridgehead atoms. The number of aliphatic hydroxyl groups excluding tert-OH is 5. The van der Waals surface area contributed by atoms with Crippen LogP contribution in [0.5, 0.6) is 0 Å². The van der Waals surface area contributed by atoms with E-state index in [1.165, 1.54) is 0 Å². The van der Waals surface area contributed by atoms with Crippen molar-refractivity contribution in [2.75, 3.05) is 6.61 Å². The highest BCUT2D eigenvalue weighted by atomic mass is 16.4. The van der Waals surface area contributed by atoms with Gasteiger partial charge in [-0.1, -0.05) is 19.8 Å². The number of ketones is 1. The first-order valence-electron chi connectivity index (χ1n) is 5.32. The molecule has 5 N–H and O–H groups in total. The van der Waals surface area contributed by atoms with Gasteiger partial charge in [-0.25, -0.2) is 0 Å². The molecular weight excluding hydrogens is 216 g/mol. The Bertz CT molecular complexity index is 207. The maximum Gasteiger partial charge on any atom is 0.192 e. The predicted molar refractivity (Wildman–Crippen MR) is 55.6 cm³/mol. The molecule has 0 saturated carbocycles. The zero-order valence-corrected chi connectivity index (χ0v) is 9.28. The van der Waals surface area contributed by atoms with E-state index < -0.39 is 36.8 Å². The Hall–Kier alpha value is -0.530. The average Bonchev–Trinajstić information content (AvgIpc) is 2.31. The lowest BCUT2D eigenvalue weighted by atomic mass is 9.98. The summed E-state index contributed by atoms with van der Waals surface area (Å²) in [6, 6.07) is 0. The van der Waals surface area contributed by atoms with Gasteiger partial charge in [0.25, 0.3) is 0 Å². The highest BCUT2D eigenvalue weighted by Gasteiger charge is 2.33. The SMILES string of the molecule is CCCCC(O)C(=O)[C@@H](O)[C@H](O)[C@H](O)CO. The lowest BCUT2D eigenvalue weighted by Gasteiger charge is -2.22. The topological polar surface area (TPSA) is 118 Å². The van der Waals surface area contributed by atoms with Crippen LogP contribution in [0.25, 0.3) is 0 Å². The van der Waals surface area contributed by atoms with Gasteiger partial charge in [0.15, 0.2) is 5.78 Å².